The van der Waals surface area contributed by atoms with Gasteiger partial charge in [-0.3, -0.25) is 9.10 Å². The molecule has 0 aliphatic carbocycles. The molecule has 9 heteroatoms. The molecule has 7 nitrogen and oxygen atoms in total. The molecule has 0 aromatic heterocycles. The van der Waals surface area contributed by atoms with E-state index < -0.39 is 10.0 Å². The summed E-state index contributed by atoms with van der Waals surface area (Å²) in [6.45, 7) is 5.87. The molecule has 3 rings (SSSR count). The highest BCUT2D eigenvalue weighted by atomic mass is 32.2. The molecule has 0 saturated heterocycles. The van der Waals surface area contributed by atoms with Crippen LogP contribution in [0.5, 0.6) is 11.5 Å². The van der Waals surface area contributed by atoms with Gasteiger partial charge >= 0.3 is 0 Å². The Balaban J connectivity index is 1.81. The Labute approximate surface area is 217 Å². The molecule has 0 atom stereocenters. The van der Waals surface area contributed by atoms with Gasteiger partial charge in [-0.1, -0.05) is 23.8 Å². The molecule has 192 valence electrons. The molecule has 0 fully saturated rings. The van der Waals surface area contributed by atoms with Gasteiger partial charge in [-0.05, 0) is 68.3 Å². The highest BCUT2D eigenvalue weighted by molar-refractivity contribution is 7.99. The monoisotopic (exact) mass is 528 g/mol. The zero-order chi connectivity index (χ0) is 26.3. The van der Waals surface area contributed by atoms with E-state index in [1.807, 2.05) is 51.1 Å². The minimum absolute atomic E-state index is 0.00188. The van der Waals surface area contributed by atoms with E-state index in [2.05, 4.69) is 5.32 Å². The van der Waals surface area contributed by atoms with Gasteiger partial charge in [0.2, 0.25) is 5.91 Å². The number of nitrogens with zero attached hydrogens (tertiary/aromatic N) is 1. The van der Waals surface area contributed by atoms with E-state index in [0.717, 1.165) is 20.3 Å². The van der Waals surface area contributed by atoms with Crippen molar-refractivity contribution in [2.75, 3.05) is 37.4 Å². The van der Waals surface area contributed by atoms with Gasteiger partial charge in [0, 0.05) is 23.3 Å². The Hall–Kier alpha value is -3.17. The second-order valence-electron chi connectivity index (χ2n) is 8.39. The molecular weight excluding hydrogens is 496 g/mol. The standard InChI is InChI=1S/C27H32N2O5S2/c1-19-6-8-23(9-7-19)35-13-12-28-27(30)18-29(22-15-20(2)14-21(3)16-22)36(31,32)24-10-11-25(33-4)26(17-24)34-5/h6-11,14-17H,12-13,18H2,1-5H3,(H,28,30). The highest BCUT2D eigenvalue weighted by Gasteiger charge is 2.28. The summed E-state index contributed by atoms with van der Waals surface area (Å²) in [5, 5.41) is 2.85. The van der Waals surface area contributed by atoms with Gasteiger partial charge in [0.15, 0.2) is 11.5 Å². The van der Waals surface area contributed by atoms with Crippen LogP contribution in [0, 0.1) is 20.8 Å². The van der Waals surface area contributed by atoms with Crippen LogP contribution in [0.4, 0.5) is 5.69 Å². The van der Waals surface area contributed by atoms with E-state index in [-0.39, 0.29) is 23.1 Å². The number of thioether (sulfide) groups is 1. The fourth-order valence-corrected chi connectivity index (χ4v) is 5.88. The van der Waals surface area contributed by atoms with Gasteiger partial charge in [-0.2, -0.15) is 0 Å². The third-order valence-electron chi connectivity index (χ3n) is 5.44. The van der Waals surface area contributed by atoms with E-state index in [1.165, 1.54) is 38.0 Å². The summed E-state index contributed by atoms with van der Waals surface area (Å²) >= 11 is 1.63. The Morgan fingerprint density at radius 2 is 1.50 bits per heavy atom. The maximum Gasteiger partial charge on any atom is 0.264 e. The van der Waals surface area contributed by atoms with E-state index in [1.54, 1.807) is 23.9 Å². The molecule has 0 aliphatic rings. The number of sulfonamides is 1. The van der Waals surface area contributed by atoms with Gasteiger partial charge in [-0.15, -0.1) is 11.8 Å². The van der Waals surface area contributed by atoms with E-state index in [9.17, 15) is 13.2 Å². The molecule has 0 bridgehead atoms. The van der Waals surface area contributed by atoms with Gasteiger partial charge in [0.25, 0.3) is 10.0 Å². The van der Waals surface area contributed by atoms with Crippen molar-refractivity contribution in [3.63, 3.8) is 0 Å². The number of rotatable bonds is 11. The molecule has 0 heterocycles. The predicted molar refractivity (Wildman–Crippen MR) is 145 cm³/mol. The van der Waals surface area contributed by atoms with Crippen molar-refractivity contribution in [2.45, 2.75) is 30.6 Å². The predicted octanol–water partition coefficient (Wildman–Crippen LogP) is 4.73. The lowest BCUT2D eigenvalue weighted by molar-refractivity contribution is -0.119. The lowest BCUT2D eigenvalue weighted by Gasteiger charge is -2.25. The fraction of sp³-hybridized carbons (Fsp3) is 0.296. The summed E-state index contributed by atoms with van der Waals surface area (Å²) in [5.74, 6) is 0.985. The number of hydrogen-bond acceptors (Lipinski definition) is 6. The van der Waals surface area contributed by atoms with Gasteiger partial charge in [0.05, 0.1) is 24.8 Å². The number of carbonyl (C=O) groups excluding carboxylic acids is 1. The van der Waals surface area contributed by atoms with Crippen LogP contribution in [0.1, 0.15) is 16.7 Å². The second-order valence-corrected chi connectivity index (χ2v) is 11.4. The van der Waals surface area contributed by atoms with Crippen molar-refractivity contribution in [3.8, 4) is 11.5 Å². The Morgan fingerprint density at radius 1 is 0.861 bits per heavy atom. The smallest absolute Gasteiger partial charge is 0.264 e. The van der Waals surface area contributed by atoms with Crippen LogP contribution < -0.4 is 19.1 Å². The molecule has 0 radical (unpaired) electrons. The molecule has 3 aromatic rings. The first-order valence-electron chi connectivity index (χ1n) is 11.4. The number of benzene rings is 3. The number of ether oxygens (including phenoxy) is 2. The number of methoxy groups -OCH3 is 2. The van der Waals surface area contributed by atoms with Crippen LogP contribution in [0.3, 0.4) is 0 Å². The number of anilines is 1. The van der Waals surface area contributed by atoms with Gasteiger partial charge < -0.3 is 14.8 Å². The molecule has 36 heavy (non-hydrogen) atoms. The fourth-order valence-electron chi connectivity index (χ4n) is 3.69. The van der Waals surface area contributed by atoms with Gasteiger partial charge in [-0.25, -0.2) is 8.42 Å². The minimum atomic E-state index is -4.09. The van der Waals surface area contributed by atoms with E-state index in [0.29, 0.717) is 23.7 Å². The highest BCUT2D eigenvalue weighted by Crippen LogP contribution is 2.32. The van der Waals surface area contributed by atoms with Crippen molar-refractivity contribution in [3.05, 3.63) is 77.4 Å². The molecule has 1 N–H and O–H groups in total. The Kier molecular flexibility index (Phi) is 9.28. The average Bonchev–Trinajstić information content (AvgIpc) is 2.85. The zero-order valence-corrected chi connectivity index (χ0v) is 22.8. The minimum Gasteiger partial charge on any atom is -0.493 e. The Bertz CT molecular complexity index is 1290. The summed E-state index contributed by atoms with van der Waals surface area (Å²) < 4.78 is 39.2. The first-order valence-corrected chi connectivity index (χ1v) is 13.9. The van der Waals surface area contributed by atoms with Crippen molar-refractivity contribution in [1.82, 2.24) is 5.32 Å². The molecule has 0 spiro atoms. The quantitative estimate of drug-likeness (QED) is 0.286. The largest absolute Gasteiger partial charge is 0.493 e. The van der Waals surface area contributed by atoms with Crippen LogP contribution in [0.25, 0.3) is 0 Å². The normalized spacial score (nSPS) is 11.1. The topological polar surface area (TPSA) is 84.9 Å². The molecular formula is C27H32N2O5S2. The maximum atomic E-state index is 13.7. The first kappa shape index (κ1) is 27.4. The van der Waals surface area contributed by atoms with Crippen molar-refractivity contribution >= 4 is 33.4 Å². The lowest BCUT2D eigenvalue weighted by atomic mass is 10.1. The third-order valence-corrected chi connectivity index (χ3v) is 8.22. The van der Waals surface area contributed by atoms with Crippen molar-refractivity contribution in [1.29, 1.82) is 0 Å². The molecule has 0 aliphatic heterocycles. The number of amides is 1. The van der Waals surface area contributed by atoms with E-state index in [4.69, 9.17) is 9.47 Å². The van der Waals surface area contributed by atoms with Crippen LogP contribution in [-0.4, -0.2) is 47.4 Å². The van der Waals surface area contributed by atoms with Crippen molar-refractivity contribution < 1.29 is 22.7 Å². The van der Waals surface area contributed by atoms with Crippen LogP contribution in [0.15, 0.2) is 70.5 Å². The van der Waals surface area contributed by atoms with Gasteiger partial charge in [0.1, 0.15) is 6.54 Å². The number of hydrogen-bond donors (Lipinski definition) is 1. The summed E-state index contributed by atoms with van der Waals surface area (Å²) in [6.07, 6.45) is 0. The molecule has 0 saturated carbocycles. The maximum absolute atomic E-state index is 13.7. The Morgan fingerprint density at radius 3 is 2.11 bits per heavy atom. The average molecular weight is 529 g/mol. The molecule has 3 aromatic carbocycles. The van der Waals surface area contributed by atoms with Crippen LogP contribution >= 0.6 is 11.8 Å². The number of aryl methyl sites for hydroxylation is 3. The van der Waals surface area contributed by atoms with Crippen LogP contribution in [0.2, 0.25) is 0 Å². The SMILES string of the molecule is COc1ccc(S(=O)(=O)N(CC(=O)NCCSc2ccc(C)cc2)c2cc(C)cc(C)c2)cc1OC. The summed E-state index contributed by atoms with van der Waals surface area (Å²) in [5.41, 5.74) is 3.40. The van der Waals surface area contributed by atoms with Crippen LogP contribution in [-0.2, 0) is 14.8 Å². The third kappa shape index (κ3) is 6.95. The first-order chi connectivity index (χ1) is 17.1. The zero-order valence-electron chi connectivity index (χ0n) is 21.2. The van der Waals surface area contributed by atoms with Crippen molar-refractivity contribution in [2.24, 2.45) is 0 Å². The summed E-state index contributed by atoms with van der Waals surface area (Å²) in [7, 11) is -1.16. The number of nitrogens with one attached hydrogen (secondary N) is 1. The number of carbonyl (C=O) groups is 1. The van der Waals surface area contributed by atoms with E-state index >= 15 is 0 Å². The summed E-state index contributed by atoms with van der Waals surface area (Å²) in [4.78, 5) is 14.0. The molecule has 0 unspecified atom stereocenters. The second kappa shape index (κ2) is 12.2. The molecule has 1 amide bonds. The summed E-state index contributed by atoms with van der Waals surface area (Å²) in [6, 6.07) is 18.0. The lowest BCUT2D eigenvalue weighted by Crippen LogP contribution is -2.41.